The minimum absolute atomic E-state index is 0.0246. The number of alkyl halides is 6. The molecule has 0 radical (unpaired) electrons. The van der Waals surface area contributed by atoms with E-state index >= 15 is 0 Å². The topological polar surface area (TPSA) is 46.5 Å². The highest BCUT2D eigenvalue weighted by molar-refractivity contribution is 5.87. The van der Waals surface area contributed by atoms with Gasteiger partial charge < -0.3 is 9.84 Å². The van der Waals surface area contributed by atoms with Crippen LogP contribution in [-0.2, 0) is 27.5 Å². The Morgan fingerprint density at radius 1 is 1.00 bits per heavy atom. The zero-order chi connectivity index (χ0) is 21.5. The quantitative estimate of drug-likeness (QED) is 0.414. The maximum Gasteiger partial charge on any atom is 0.416 e. The molecule has 0 bridgehead atoms. The number of carbonyl (C=O) groups is 1. The number of hydrogen-bond acceptors (Lipinski definition) is 3. The summed E-state index contributed by atoms with van der Waals surface area (Å²) in [5.41, 5.74) is -6.30. The van der Waals surface area contributed by atoms with E-state index in [0.29, 0.717) is 12.1 Å². The SMILES string of the molecule is C=C(C)C(=O)OC1(c2cc(C(F)(F)F)cc(C(F)(F)F)c2)CCC(C)(O)CC1. The molecule has 0 aromatic heterocycles. The molecule has 3 nitrogen and oxygen atoms in total. The van der Waals surface area contributed by atoms with E-state index in [1.807, 2.05) is 0 Å². The Morgan fingerprint density at radius 2 is 1.43 bits per heavy atom. The first kappa shape index (κ1) is 22.3. The van der Waals surface area contributed by atoms with Gasteiger partial charge in [-0.15, -0.1) is 0 Å². The predicted molar refractivity (Wildman–Crippen MR) is 88.1 cm³/mol. The van der Waals surface area contributed by atoms with E-state index in [2.05, 4.69) is 6.58 Å². The lowest BCUT2D eigenvalue weighted by atomic mass is 9.73. The third kappa shape index (κ3) is 4.87. The molecular formula is C19H20F6O3. The number of rotatable bonds is 3. The molecule has 0 amide bonds. The van der Waals surface area contributed by atoms with E-state index in [0.717, 1.165) is 0 Å². The van der Waals surface area contributed by atoms with Gasteiger partial charge in [0.25, 0.3) is 0 Å². The van der Waals surface area contributed by atoms with E-state index < -0.39 is 46.2 Å². The van der Waals surface area contributed by atoms with Gasteiger partial charge in [-0.2, -0.15) is 26.3 Å². The third-order valence-corrected chi connectivity index (χ3v) is 4.89. The summed E-state index contributed by atoms with van der Waals surface area (Å²) in [4.78, 5) is 12.1. The van der Waals surface area contributed by atoms with Gasteiger partial charge in [0.05, 0.1) is 16.7 Å². The van der Waals surface area contributed by atoms with E-state index in [-0.39, 0.29) is 37.3 Å². The Hall–Kier alpha value is -2.03. The molecule has 0 heterocycles. The molecule has 1 aliphatic carbocycles. The molecule has 1 fully saturated rings. The van der Waals surface area contributed by atoms with Crippen LogP contribution in [0, 0.1) is 0 Å². The molecule has 1 saturated carbocycles. The van der Waals surface area contributed by atoms with Crippen LogP contribution in [-0.4, -0.2) is 16.7 Å². The molecule has 1 aromatic rings. The zero-order valence-corrected chi connectivity index (χ0v) is 15.3. The van der Waals surface area contributed by atoms with Crippen molar-refractivity contribution in [2.24, 2.45) is 0 Å². The number of halogens is 6. The number of carbonyl (C=O) groups excluding carboxylic acids is 1. The fraction of sp³-hybridized carbons (Fsp3) is 0.526. The minimum Gasteiger partial charge on any atom is -0.451 e. The lowest BCUT2D eigenvalue weighted by molar-refractivity contribution is -0.166. The maximum absolute atomic E-state index is 13.2. The van der Waals surface area contributed by atoms with Gasteiger partial charge in [-0.25, -0.2) is 4.79 Å². The average molecular weight is 410 g/mol. The van der Waals surface area contributed by atoms with Crippen molar-refractivity contribution in [1.82, 2.24) is 0 Å². The summed E-state index contributed by atoms with van der Waals surface area (Å²) >= 11 is 0. The van der Waals surface area contributed by atoms with Gasteiger partial charge in [-0.3, -0.25) is 0 Å². The van der Waals surface area contributed by atoms with Crippen molar-refractivity contribution in [3.63, 3.8) is 0 Å². The fourth-order valence-electron chi connectivity index (χ4n) is 3.12. The molecule has 1 N–H and O–H groups in total. The second kappa shape index (κ2) is 7.09. The highest BCUT2D eigenvalue weighted by Gasteiger charge is 2.46. The van der Waals surface area contributed by atoms with Gasteiger partial charge in [-0.1, -0.05) is 6.58 Å². The van der Waals surface area contributed by atoms with Crippen molar-refractivity contribution in [3.8, 4) is 0 Å². The van der Waals surface area contributed by atoms with Crippen LogP contribution in [0.2, 0.25) is 0 Å². The Kier molecular flexibility index (Phi) is 5.64. The Balaban J connectivity index is 2.65. The van der Waals surface area contributed by atoms with Gasteiger partial charge in [0, 0.05) is 5.57 Å². The molecule has 1 aliphatic rings. The van der Waals surface area contributed by atoms with Gasteiger partial charge in [0.1, 0.15) is 5.60 Å². The summed E-state index contributed by atoms with van der Waals surface area (Å²) in [5.74, 6) is -0.924. The van der Waals surface area contributed by atoms with Crippen LogP contribution in [0.5, 0.6) is 0 Å². The first-order chi connectivity index (χ1) is 12.6. The summed E-state index contributed by atoms with van der Waals surface area (Å²) < 4.78 is 84.6. The predicted octanol–water partition coefficient (Wildman–Crippen LogP) is 5.36. The first-order valence-corrected chi connectivity index (χ1v) is 8.47. The van der Waals surface area contributed by atoms with E-state index in [1.54, 1.807) is 0 Å². The molecule has 0 saturated heterocycles. The van der Waals surface area contributed by atoms with Crippen LogP contribution >= 0.6 is 0 Å². The third-order valence-electron chi connectivity index (χ3n) is 4.89. The summed E-state index contributed by atoms with van der Waals surface area (Å²) in [6, 6.07) is 1.17. The Morgan fingerprint density at radius 3 is 1.79 bits per heavy atom. The Bertz CT molecular complexity index is 735. The molecule has 156 valence electrons. The highest BCUT2D eigenvalue weighted by Crippen LogP contribution is 2.47. The monoisotopic (exact) mass is 410 g/mol. The summed E-state index contributed by atoms with van der Waals surface area (Å²) in [5, 5.41) is 10.1. The summed E-state index contributed by atoms with van der Waals surface area (Å²) in [6.07, 6.45) is -10.2. The lowest BCUT2D eigenvalue weighted by Crippen LogP contribution is -2.42. The van der Waals surface area contributed by atoms with Crippen molar-refractivity contribution in [3.05, 3.63) is 47.0 Å². The van der Waals surface area contributed by atoms with E-state index in [1.165, 1.54) is 13.8 Å². The van der Waals surface area contributed by atoms with Gasteiger partial charge in [0.2, 0.25) is 0 Å². The van der Waals surface area contributed by atoms with Crippen molar-refractivity contribution in [2.75, 3.05) is 0 Å². The van der Waals surface area contributed by atoms with E-state index in [4.69, 9.17) is 4.74 Å². The number of esters is 1. The second-order valence-corrected chi connectivity index (χ2v) is 7.46. The molecular weight excluding hydrogens is 390 g/mol. The van der Waals surface area contributed by atoms with Crippen molar-refractivity contribution in [1.29, 1.82) is 0 Å². The van der Waals surface area contributed by atoms with Gasteiger partial charge in [-0.05, 0) is 63.3 Å². The van der Waals surface area contributed by atoms with Gasteiger partial charge >= 0.3 is 18.3 Å². The van der Waals surface area contributed by atoms with Crippen molar-refractivity contribution in [2.45, 2.75) is 63.1 Å². The molecule has 9 heteroatoms. The largest absolute Gasteiger partial charge is 0.451 e. The Labute approximate surface area is 158 Å². The summed E-state index contributed by atoms with van der Waals surface area (Å²) in [6.45, 7) is 6.23. The molecule has 0 atom stereocenters. The van der Waals surface area contributed by atoms with Crippen LogP contribution in [0.1, 0.15) is 56.2 Å². The van der Waals surface area contributed by atoms with Crippen LogP contribution in [0.4, 0.5) is 26.3 Å². The molecule has 0 unspecified atom stereocenters. The second-order valence-electron chi connectivity index (χ2n) is 7.46. The zero-order valence-electron chi connectivity index (χ0n) is 15.3. The van der Waals surface area contributed by atoms with Crippen LogP contribution < -0.4 is 0 Å². The normalized spacial score (nSPS) is 26.0. The smallest absolute Gasteiger partial charge is 0.416 e. The van der Waals surface area contributed by atoms with Crippen LogP contribution in [0.25, 0.3) is 0 Å². The fourth-order valence-corrected chi connectivity index (χ4v) is 3.12. The van der Waals surface area contributed by atoms with Crippen molar-refractivity contribution >= 4 is 5.97 Å². The molecule has 2 rings (SSSR count). The van der Waals surface area contributed by atoms with E-state index in [9.17, 15) is 36.2 Å². The maximum atomic E-state index is 13.2. The standard InChI is InChI=1S/C19H20F6O3/c1-11(2)15(26)28-17(6-4-16(3,27)5-7-17)12-8-13(18(20,21)22)10-14(9-12)19(23,24)25/h8-10,27H,1,4-7H2,2-3H3. The highest BCUT2D eigenvalue weighted by atomic mass is 19.4. The molecule has 28 heavy (non-hydrogen) atoms. The lowest BCUT2D eigenvalue weighted by Gasteiger charge is -2.42. The molecule has 1 aromatic carbocycles. The molecule has 0 aliphatic heterocycles. The average Bonchev–Trinajstić information content (AvgIpc) is 2.55. The molecule has 0 spiro atoms. The number of aliphatic hydroxyl groups is 1. The van der Waals surface area contributed by atoms with Gasteiger partial charge in [0.15, 0.2) is 0 Å². The minimum atomic E-state index is -5.02. The van der Waals surface area contributed by atoms with Crippen LogP contribution in [0.15, 0.2) is 30.4 Å². The number of ether oxygens (including phenoxy) is 1. The number of benzene rings is 1. The van der Waals surface area contributed by atoms with Crippen LogP contribution in [0.3, 0.4) is 0 Å². The summed E-state index contributed by atoms with van der Waals surface area (Å²) in [7, 11) is 0. The number of hydrogen-bond donors (Lipinski definition) is 1. The van der Waals surface area contributed by atoms with Crippen molar-refractivity contribution < 1.29 is 41.0 Å². The first-order valence-electron chi connectivity index (χ1n) is 8.47.